The van der Waals surface area contributed by atoms with Crippen LogP contribution in [0, 0.1) is 20.8 Å². The minimum absolute atomic E-state index is 0.105. The minimum atomic E-state index is -3.56. The highest BCUT2D eigenvalue weighted by Crippen LogP contribution is 2.23. The number of carbonyl (C=O) groups excluding carboxylic acids is 2. The molecule has 0 saturated heterocycles. The first-order valence-corrected chi connectivity index (χ1v) is 15.6. The van der Waals surface area contributed by atoms with Crippen molar-refractivity contribution in [2.24, 2.45) is 0 Å². The highest BCUT2D eigenvalue weighted by molar-refractivity contribution is 7.92. The van der Waals surface area contributed by atoms with Gasteiger partial charge in [-0.05, 0) is 68.5 Å². The van der Waals surface area contributed by atoms with E-state index in [0.29, 0.717) is 25.1 Å². The monoisotopic (exact) mass is 563 g/mol. The van der Waals surface area contributed by atoms with Crippen molar-refractivity contribution in [2.45, 2.75) is 59.5 Å². The smallest absolute Gasteiger partial charge is 0.243 e. The predicted octanol–water partition coefficient (Wildman–Crippen LogP) is 4.93. The fourth-order valence-corrected chi connectivity index (χ4v) is 5.78. The van der Waals surface area contributed by atoms with Crippen LogP contribution in [-0.2, 0) is 32.6 Å². The Labute approximate surface area is 239 Å². The number of nitrogens with zero attached hydrogens (tertiary/aromatic N) is 2. The lowest BCUT2D eigenvalue weighted by atomic mass is 10.0. The van der Waals surface area contributed by atoms with Gasteiger partial charge >= 0.3 is 0 Å². The molecule has 0 aliphatic carbocycles. The zero-order valence-corrected chi connectivity index (χ0v) is 25.0. The summed E-state index contributed by atoms with van der Waals surface area (Å²) in [5.74, 6) is -0.401. The van der Waals surface area contributed by atoms with Crippen LogP contribution < -0.4 is 9.62 Å². The van der Waals surface area contributed by atoms with E-state index in [0.717, 1.165) is 27.8 Å². The van der Waals surface area contributed by atoms with Gasteiger partial charge in [0.05, 0.1) is 11.9 Å². The third-order valence-corrected chi connectivity index (χ3v) is 7.94. The summed E-state index contributed by atoms with van der Waals surface area (Å²) in [6.07, 6.45) is 1.98. The van der Waals surface area contributed by atoms with Crippen molar-refractivity contribution in [1.29, 1.82) is 0 Å². The summed E-state index contributed by atoms with van der Waals surface area (Å²) >= 11 is 0. The summed E-state index contributed by atoms with van der Waals surface area (Å²) in [5.41, 5.74) is 5.52. The molecule has 3 aromatic rings. The Balaban J connectivity index is 1.87. The second-order valence-electron chi connectivity index (χ2n) is 10.4. The first-order chi connectivity index (χ1) is 19.0. The Morgan fingerprint density at radius 2 is 1.48 bits per heavy atom. The molecular weight excluding hydrogens is 522 g/mol. The van der Waals surface area contributed by atoms with Crippen LogP contribution in [0.25, 0.3) is 0 Å². The molecule has 1 atom stereocenters. The molecule has 8 heteroatoms. The Bertz CT molecular complexity index is 1370. The second kappa shape index (κ2) is 14.1. The lowest BCUT2D eigenvalue weighted by Crippen LogP contribution is -2.50. The number of anilines is 1. The SMILES string of the molecule is CCNC(=O)C(Cc1ccccc1)N(Cc1ccc(C)cc1)C(=O)CCCN(c1cc(C)cc(C)c1)S(C)(=O)=O. The van der Waals surface area contributed by atoms with E-state index in [-0.39, 0.29) is 31.3 Å². The Morgan fingerprint density at radius 3 is 2.05 bits per heavy atom. The predicted molar refractivity (Wildman–Crippen MR) is 162 cm³/mol. The molecule has 0 spiro atoms. The number of hydrogen-bond acceptors (Lipinski definition) is 4. The molecule has 40 heavy (non-hydrogen) atoms. The molecule has 0 bridgehead atoms. The van der Waals surface area contributed by atoms with E-state index in [1.54, 1.807) is 4.90 Å². The molecule has 0 aromatic heterocycles. The van der Waals surface area contributed by atoms with Crippen LogP contribution in [0.4, 0.5) is 5.69 Å². The van der Waals surface area contributed by atoms with Crippen molar-refractivity contribution in [3.05, 3.63) is 101 Å². The van der Waals surface area contributed by atoms with Crippen LogP contribution in [0.2, 0.25) is 0 Å². The summed E-state index contributed by atoms with van der Waals surface area (Å²) in [4.78, 5) is 28.8. The average Bonchev–Trinajstić information content (AvgIpc) is 2.89. The van der Waals surface area contributed by atoms with Gasteiger partial charge in [0, 0.05) is 32.5 Å². The molecule has 3 rings (SSSR count). The molecule has 0 aliphatic heterocycles. The number of rotatable bonds is 13. The van der Waals surface area contributed by atoms with Crippen LogP contribution >= 0.6 is 0 Å². The minimum Gasteiger partial charge on any atom is -0.355 e. The molecule has 0 saturated carbocycles. The third-order valence-electron chi connectivity index (χ3n) is 6.74. The molecular formula is C32H41N3O4S. The van der Waals surface area contributed by atoms with Gasteiger partial charge in [0.15, 0.2) is 0 Å². The van der Waals surface area contributed by atoms with E-state index < -0.39 is 16.1 Å². The molecule has 1 unspecified atom stereocenters. The average molecular weight is 564 g/mol. The normalized spacial score (nSPS) is 12.0. The highest BCUT2D eigenvalue weighted by Gasteiger charge is 2.30. The number of benzene rings is 3. The van der Waals surface area contributed by atoms with Crippen LogP contribution in [0.15, 0.2) is 72.8 Å². The van der Waals surface area contributed by atoms with Crippen molar-refractivity contribution in [1.82, 2.24) is 10.2 Å². The molecule has 1 N–H and O–H groups in total. The number of amides is 2. The molecule has 2 amide bonds. The van der Waals surface area contributed by atoms with Crippen molar-refractivity contribution < 1.29 is 18.0 Å². The van der Waals surface area contributed by atoms with Gasteiger partial charge in [-0.15, -0.1) is 0 Å². The van der Waals surface area contributed by atoms with Crippen LogP contribution in [0.1, 0.15) is 47.6 Å². The van der Waals surface area contributed by atoms with Crippen molar-refractivity contribution in [3.63, 3.8) is 0 Å². The molecule has 0 radical (unpaired) electrons. The van der Waals surface area contributed by atoms with Crippen molar-refractivity contribution >= 4 is 27.5 Å². The number of nitrogens with one attached hydrogen (secondary N) is 1. The first-order valence-electron chi connectivity index (χ1n) is 13.7. The zero-order chi connectivity index (χ0) is 29.3. The van der Waals surface area contributed by atoms with Gasteiger partial charge in [-0.3, -0.25) is 13.9 Å². The summed E-state index contributed by atoms with van der Waals surface area (Å²) in [7, 11) is -3.56. The van der Waals surface area contributed by atoms with Crippen LogP contribution in [0.5, 0.6) is 0 Å². The number of carbonyl (C=O) groups is 2. The van der Waals surface area contributed by atoms with Gasteiger partial charge in [0.25, 0.3) is 0 Å². The number of aryl methyl sites for hydroxylation is 3. The van der Waals surface area contributed by atoms with Gasteiger partial charge in [-0.25, -0.2) is 8.42 Å². The van der Waals surface area contributed by atoms with Crippen LogP contribution in [-0.4, -0.2) is 50.5 Å². The van der Waals surface area contributed by atoms with Gasteiger partial charge in [-0.1, -0.05) is 66.2 Å². The lowest BCUT2D eigenvalue weighted by Gasteiger charge is -2.32. The summed E-state index contributed by atoms with van der Waals surface area (Å²) < 4.78 is 26.7. The van der Waals surface area contributed by atoms with Gasteiger partial charge in [-0.2, -0.15) is 0 Å². The maximum absolute atomic E-state index is 13.8. The van der Waals surface area contributed by atoms with E-state index in [1.165, 1.54) is 10.6 Å². The van der Waals surface area contributed by atoms with Gasteiger partial charge in [0.2, 0.25) is 21.8 Å². The lowest BCUT2D eigenvalue weighted by molar-refractivity contribution is -0.141. The maximum atomic E-state index is 13.8. The molecule has 214 valence electrons. The summed E-state index contributed by atoms with van der Waals surface area (Å²) in [5, 5.41) is 2.90. The van der Waals surface area contributed by atoms with E-state index in [2.05, 4.69) is 5.32 Å². The first kappa shape index (κ1) is 30.9. The van der Waals surface area contributed by atoms with E-state index in [4.69, 9.17) is 0 Å². The Hall–Kier alpha value is -3.65. The number of hydrogen-bond donors (Lipinski definition) is 1. The Morgan fingerprint density at radius 1 is 0.850 bits per heavy atom. The maximum Gasteiger partial charge on any atom is 0.243 e. The summed E-state index contributed by atoms with van der Waals surface area (Å²) in [6, 6.07) is 22.5. The number of likely N-dealkylation sites (N-methyl/N-ethyl adjacent to an activating group) is 1. The molecule has 3 aromatic carbocycles. The topological polar surface area (TPSA) is 86.8 Å². The quantitative estimate of drug-likeness (QED) is 0.319. The molecule has 0 aliphatic rings. The summed E-state index contributed by atoms with van der Waals surface area (Å²) in [6.45, 7) is 8.61. The second-order valence-corrected chi connectivity index (χ2v) is 12.3. The van der Waals surface area contributed by atoms with Crippen LogP contribution in [0.3, 0.4) is 0 Å². The van der Waals surface area contributed by atoms with Gasteiger partial charge < -0.3 is 10.2 Å². The number of sulfonamides is 1. The highest BCUT2D eigenvalue weighted by atomic mass is 32.2. The van der Waals surface area contributed by atoms with E-state index in [9.17, 15) is 18.0 Å². The molecule has 7 nitrogen and oxygen atoms in total. The largest absolute Gasteiger partial charge is 0.355 e. The van der Waals surface area contributed by atoms with Crippen molar-refractivity contribution in [2.75, 3.05) is 23.7 Å². The fourth-order valence-electron chi connectivity index (χ4n) is 4.83. The third kappa shape index (κ3) is 8.95. The molecule has 0 heterocycles. The standard InChI is InChI=1S/C32H41N3O4S/c1-6-33-32(37)30(22-27-11-8-7-9-12-27)34(23-28-16-14-24(2)15-17-28)31(36)13-10-18-35(40(5,38)39)29-20-25(3)19-26(4)21-29/h7-9,11-12,14-17,19-21,30H,6,10,13,18,22-23H2,1-5H3,(H,33,37). The van der Waals surface area contributed by atoms with E-state index in [1.807, 2.05) is 100 Å². The fraction of sp³-hybridized carbons (Fsp3) is 0.375. The van der Waals surface area contributed by atoms with Gasteiger partial charge in [0.1, 0.15) is 6.04 Å². The van der Waals surface area contributed by atoms with E-state index >= 15 is 0 Å². The Kier molecular flexibility index (Phi) is 10.9. The molecule has 0 fully saturated rings. The van der Waals surface area contributed by atoms with Crippen molar-refractivity contribution in [3.8, 4) is 0 Å². The zero-order valence-electron chi connectivity index (χ0n) is 24.2.